The monoisotopic (exact) mass is 386 g/mol. The third kappa shape index (κ3) is 3.80. The van der Waals surface area contributed by atoms with Crippen LogP contribution in [0.25, 0.3) is 0 Å². The Bertz CT molecular complexity index is 782. The van der Waals surface area contributed by atoms with Crippen molar-refractivity contribution >= 4 is 5.97 Å². The quantitative estimate of drug-likeness (QED) is 0.806. The molecule has 0 bridgehead atoms. The van der Waals surface area contributed by atoms with Gasteiger partial charge in [-0.25, -0.2) is 4.79 Å². The van der Waals surface area contributed by atoms with Gasteiger partial charge in [0.05, 0.1) is 12.2 Å². The van der Waals surface area contributed by atoms with Crippen molar-refractivity contribution in [2.75, 3.05) is 13.7 Å². The van der Waals surface area contributed by atoms with Crippen LogP contribution in [0.4, 0.5) is 0 Å². The van der Waals surface area contributed by atoms with E-state index in [0.29, 0.717) is 5.56 Å². The van der Waals surface area contributed by atoms with Crippen molar-refractivity contribution in [1.82, 2.24) is 0 Å². The second-order valence-electron chi connectivity index (χ2n) is 6.68. The Labute approximate surface area is 162 Å². The van der Waals surface area contributed by atoms with E-state index in [0.717, 1.165) is 5.56 Å². The van der Waals surface area contributed by atoms with E-state index < -0.39 is 43.0 Å². The average Bonchev–Trinajstić information content (AvgIpc) is 2.76. The Morgan fingerprint density at radius 3 is 2.39 bits per heavy atom. The highest BCUT2D eigenvalue weighted by Crippen LogP contribution is 2.35. The van der Waals surface area contributed by atoms with Crippen LogP contribution in [-0.2, 0) is 23.7 Å². The van der Waals surface area contributed by atoms with E-state index in [4.69, 9.17) is 23.7 Å². The molecule has 2 aromatic rings. The number of hydrogen-bond acceptors (Lipinski definition) is 7. The molecule has 7 nitrogen and oxygen atoms in total. The lowest BCUT2D eigenvalue weighted by atomic mass is 9.97. The fourth-order valence-electron chi connectivity index (χ4n) is 3.43. The first-order chi connectivity index (χ1) is 13.7. The highest BCUT2D eigenvalue weighted by molar-refractivity contribution is 5.89. The summed E-state index contributed by atoms with van der Waals surface area (Å²) in [4.78, 5) is 12.5. The molecule has 2 saturated heterocycles. The van der Waals surface area contributed by atoms with E-state index in [1.54, 1.807) is 30.3 Å². The highest BCUT2D eigenvalue weighted by atomic mass is 16.8. The smallest absolute Gasteiger partial charge is 0.338 e. The molecule has 4 rings (SSSR count). The van der Waals surface area contributed by atoms with Gasteiger partial charge in [0.25, 0.3) is 0 Å². The molecule has 2 fully saturated rings. The van der Waals surface area contributed by atoms with E-state index in [9.17, 15) is 9.90 Å². The molecule has 2 heterocycles. The number of esters is 1. The Kier molecular flexibility index (Phi) is 5.70. The van der Waals surface area contributed by atoms with Crippen LogP contribution in [0.15, 0.2) is 60.7 Å². The number of benzene rings is 2. The molecule has 6 atom stereocenters. The Hall–Kier alpha value is -2.29. The zero-order valence-electron chi connectivity index (χ0n) is 15.3. The van der Waals surface area contributed by atoms with Crippen LogP contribution in [0.5, 0.6) is 0 Å². The summed E-state index contributed by atoms with van der Waals surface area (Å²) in [6.45, 7) is 0.223. The maximum atomic E-state index is 12.5. The van der Waals surface area contributed by atoms with Crippen molar-refractivity contribution < 1.29 is 33.6 Å². The van der Waals surface area contributed by atoms with Gasteiger partial charge in [0, 0.05) is 12.7 Å². The molecule has 1 N–H and O–H groups in total. The minimum Gasteiger partial charge on any atom is -0.450 e. The van der Waals surface area contributed by atoms with E-state index in [1.165, 1.54) is 7.11 Å². The number of carbonyl (C=O) groups excluding carboxylic acids is 1. The van der Waals surface area contributed by atoms with Crippen LogP contribution in [0, 0.1) is 0 Å². The Morgan fingerprint density at radius 2 is 1.71 bits per heavy atom. The second-order valence-corrected chi connectivity index (χ2v) is 6.68. The average molecular weight is 386 g/mol. The van der Waals surface area contributed by atoms with Crippen LogP contribution in [0.3, 0.4) is 0 Å². The summed E-state index contributed by atoms with van der Waals surface area (Å²) in [5.74, 6) is -0.569. The molecule has 2 aliphatic heterocycles. The van der Waals surface area contributed by atoms with Crippen LogP contribution >= 0.6 is 0 Å². The second kappa shape index (κ2) is 8.38. The third-order valence-corrected chi connectivity index (χ3v) is 4.87. The van der Waals surface area contributed by atoms with Gasteiger partial charge in [0.15, 0.2) is 18.7 Å². The first-order valence-corrected chi connectivity index (χ1v) is 9.11. The van der Waals surface area contributed by atoms with Crippen LogP contribution in [-0.4, -0.2) is 55.5 Å². The normalized spacial score (nSPS) is 32.4. The van der Waals surface area contributed by atoms with Crippen molar-refractivity contribution in [1.29, 1.82) is 0 Å². The van der Waals surface area contributed by atoms with Crippen molar-refractivity contribution in [2.45, 2.75) is 37.0 Å². The predicted octanol–water partition coefficient (Wildman–Crippen LogP) is 2.06. The van der Waals surface area contributed by atoms with Gasteiger partial charge in [-0.2, -0.15) is 0 Å². The van der Waals surface area contributed by atoms with Crippen LogP contribution in [0.1, 0.15) is 22.2 Å². The number of carbonyl (C=O) groups is 1. The number of ether oxygens (including phenoxy) is 5. The van der Waals surface area contributed by atoms with Gasteiger partial charge in [0.1, 0.15) is 18.3 Å². The molecule has 0 spiro atoms. The summed E-state index contributed by atoms with van der Waals surface area (Å²) < 4.78 is 28.4. The molecular formula is C21H22O7. The lowest BCUT2D eigenvalue weighted by Crippen LogP contribution is -2.63. The maximum absolute atomic E-state index is 12.5. The summed E-state index contributed by atoms with van der Waals surface area (Å²) in [5, 5.41) is 10.9. The molecule has 0 aromatic heterocycles. The lowest BCUT2D eigenvalue weighted by molar-refractivity contribution is -0.357. The molecule has 0 amide bonds. The van der Waals surface area contributed by atoms with Gasteiger partial charge in [0.2, 0.25) is 0 Å². The number of aliphatic hydroxyl groups is 1. The van der Waals surface area contributed by atoms with E-state index in [1.807, 2.05) is 30.3 Å². The fourth-order valence-corrected chi connectivity index (χ4v) is 3.43. The first-order valence-electron chi connectivity index (χ1n) is 9.11. The Balaban J connectivity index is 1.50. The van der Waals surface area contributed by atoms with Gasteiger partial charge in [-0.1, -0.05) is 48.5 Å². The number of hydrogen-bond donors (Lipinski definition) is 1. The number of aliphatic hydroxyl groups excluding tert-OH is 1. The van der Waals surface area contributed by atoms with Crippen LogP contribution in [0.2, 0.25) is 0 Å². The van der Waals surface area contributed by atoms with Gasteiger partial charge in [-0.3, -0.25) is 0 Å². The van der Waals surface area contributed by atoms with Gasteiger partial charge >= 0.3 is 5.97 Å². The van der Waals surface area contributed by atoms with Gasteiger partial charge in [-0.15, -0.1) is 0 Å². The molecule has 28 heavy (non-hydrogen) atoms. The number of methoxy groups -OCH3 is 1. The molecule has 0 radical (unpaired) electrons. The zero-order chi connectivity index (χ0) is 19.5. The van der Waals surface area contributed by atoms with Crippen molar-refractivity contribution in [3.8, 4) is 0 Å². The topological polar surface area (TPSA) is 83.5 Å². The minimum absolute atomic E-state index is 0.223. The molecule has 2 aliphatic rings. The standard InChI is InChI=1S/C21H22O7/c1-24-21-18(27-19(23)13-8-4-2-5-9-13)16(22)17-15(26-21)12-25-20(28-17)14-10-6-3-7-11-14/h2-11,15-18,20-22H,12H2,1H3/t15-,16+,17-,18-,20?,21-/m1/s1. The molecule has 1 unspecified atom stereocenters. The highest BCUT2D eigenvalue weighted by Gasteiger charge is 2.51. The molecular weight excluding hydrogens is 364 g/mol. The summed E-state index contributed by atoms with van der Waals surface area (Å²) in [7, 11) is 1.43. The first kappa shape index (κ1) is 19.0. The number of fused-ring (bicyclic) bond motifs is 1. The predicted molar refractivity (Wildman–Crippen MR) is 97.3 cm³/mol. The third-order valence-electron chi connectivity index (χ3n) is 4.87. The molecule has 7 heteroatoms. The summed E-state index contributed by atoms with van der Waals surface area (Å²) in [6, 6.07) is 18.0. The largest absolute Gasteiger partial charge is 0.450 e. The zero-order valence-corrected chi connectivity index (χ0v) is 15.3. The van der Waals surface area contributed by atoms with Gasteiger partial charge in [-0.05, 0) is 12.1 Å². The Morgan fingerprint density at radius 1 is 1.04 bits per heavy atom. The fraction of sp³-hybridized carbons (Fsp3) is 0.381. The summed E-state index contributed by atoms with van der Waals surface area (Å²) in [6.07, 6.45) is -4.99. The summed E-state index contributed by atoms with van der Waals surface area (Å²) >= 11 is 0. The molecule has 148 valence electrons. The lowest BCUT2D eigenvalue weighted by Gasteiger charge is -2.46. The molecule has 0 saturated carbocycles. The van der Waals surface area contributed by atoms with E-state index in [2.05, 4.69) is 0 Å². The van der Waals surface area contributed by atoms with Gasteiger partial charge < -0.3 is 28.8 Å². The van der Waals surface area contributed by atoms with Crippen molar-refractivity contribution in [3.05, 3.63) is 71.8 Å². The van der Waals surface area contributed by atoms with E-state index in [-0.39, 0.29) is 6.61 Å². The SMILES string of the molecule is CO[C@@H]1O[C@@H]2COC(c3ccccc3)O[C@H]2[C@H](O)[C@H]1OC(=O)c1ccccc1. The van der Waals surface area contributed by atoms with Crippen molar-refractivity contribution in [2.24, 2.45) is 0 Å². The van der Waals surface area contributed by atoms with E-state index >= 15 is 0 Å². The van der Waals surface area contributed by atoms with Crippen LogP contribution < -0.4 is 0 Å². The molecule has 0 aliphatic carbocycles. The maximum Gasteiger partial charge on any atom is 0.338 e. The summed E-state index contributed by atoms with van der Waals surface area (Å²) in [5.41, 5.74) is 1.21. The van der Waals surface area contributed by atoms with Crippen molar-refractivity contribution in [3.63, 3.8) is 0 Å². The number of rotatable bonds is 4. The minimum atomic E-state index is -1.13. The molecule has 2 aromatic carbocycles.